The van der Waals surface area contributed by atoms with Crippen molar-refractivity contribution >= 4 is 5.97 Å². The molecule has 0 saturated heterocycles. The first kappa shape index (κ1) is 36.6. The predicted octanol–water partition coefficient (Wildman–Crippen LogP) is 9.89. The Balaban J connectivity index is 0.000000761. The van der Waals surface area contributed by atoms with E-state index in [0.29, 0.717) is 0 Å². The van der Waals surface area contributed by atoms with Crippen molar-refractivity contribution in [3.63, 3.8) is 0 Å². The zero-order chi connectivity index (χ0) is 27.8. The maximum atomic E-state index is 10.1. The molecule has 1 aromatic heterocycles. The van der Waals surface area contributed by atoms with E-state index in [-0.39, 0.29) is 6.42 Å². The number of carbonyl (C=O) groups is 1. The van der Waals surface area contributed by atoms with Crippen LogP contribution in [0, 0.1) is 0 Å². The van der Waals surface area contributed by atoms with Crippen LogP contribution in [0.2, 0.25) is 0 Å². The number of carboxylic acid groups (broad SMARTS) is 1. The molecule has 0 aliphatic carbocycles. The predicted molar refractivity (Wildman–Crippen MR) is 163 cm³/mol. The van der Waals surface area contributed by atoms with Crippen molar-refractivity contribution < 1.29 is 14.5 Å². The molecule has 1 heterocycles. The zero-order valence-electron chi connectivity index (χ0n) is 25.7. The van der Waals surface area contributed by atoms with Gasteiger partial charge in [-0.05, 0) is 19.3 Å². The largest absolute Gasteiger partial charge is 0.550 e. The number of rotatable bonds is 27. The van der Waals surface area contributed by atoms with Gasteiger partial charge in [-0.1, -0.05) is 161 Å². The maximum absolute atomic E-state index is 10.1. The lowest BCUT2D eigenvalue weighted by atomic mass is 10.0. The minimum Gasteiger partial charge on any atom is -0.550 e. The molecular formula is C35H65NO2. The lowest BCUT2D eigenvalue weighted by Gasteiger charge is -2.03. The highest BCUT2D eigenvalue weighted by Gasteiger charge is 1.98. The fourth-order valence-corrected chi connectivity index (χ4v) is 5.01. The van der Waals surface area contributed by atoms with Crippen LogP contribution in [0.15, 0.2) is 30.6 Å². The molecule has 1 rings (SSSR count). The number of hydrogen-bond donors (Lipinski definition) is 0. The Morgan fingerprint density at radius 2 is 0.789 bits per heavy atom. The summed E-state index contributed by atoms with van der Waals surface area (Å²) in [6, 6.07) is 6.31. The van der Waals surface area contributed by atoms with E-state index in [9.17, 15) is 9.90 Å². The number of carbonyl (C=O) groups excluding carboxylic acids is 1. The van der Waals surface area contributed by atoms with Gasteiger partial charge in [-0.25, -0.2) is 4.57 Å². The Hall–Kier alpha value is -1.38. The third kappa shape index (κ3) is 30.8. The van der Waals surface area contributed by atoms with Gasteiger partial charge in [-0.2, -0.15) is 0 Å². The van der Waals surface area contributed by atoms with E-state index in [1.54, 1.807) is 0 Å². The molecule has 1 aromatic rings. The fourth-order valence-electron chi connectivity index (χ4n) is 5.01. The molecule has 3 heteroatoms. The quantitative estimate of drug-likeness (QED) is 0.0837. The van der Waals surface area contributed by atoms with Crippen LogP contribution in [-0.2, 0) is 11.3 Å². The smallest absolute Gasteiger partial charge is 0.168 e. The standard InChI is InChI=1S/C21H38N.C14H28O2/c1-2-3-4-5-6-7-8-9-10-11-12-13-14-16-19-22-20-17-15-18-21-22;1-2-3-4-5-6-7-8-9-10-11-12-13-14(15)16/h15,17-18,20-21H,2-14,16,19H2,1H3;2-13H2,1H3,(H,15,16)/q+1;/p-1. The van der Waals surface area contributed by atoms with Crippen molar-refractivity contribution in [2.24, 2.45) is 0 Å². The highest BCUT2D eigenvalue weighted by atomic mass is 16.4. The summed E-state index contributed by atoms with van der Waals surface area (Å²) in [6.07, 6.45) is 38.5. The van der Waals surface area contributed by atoms with Crippen molar-refractivity contribution in [2.75, 3.05) is 0 Å². The summed E-state index contributed by atoms with van der Waals surface area (Å²) in [5, 5.41) is 10.1. The Kier molecular flexibility index (Phi) is 30.7. The summed E-state index contributed by atoms with van der Waals surface area (Å²) < 4.78 is 2.29. The van der Waals surface area contributed by atoms with E-state index >= 15 is 0 Å². The van der Waals surface area contributed by atoms with Crippen LogP contribution in [0.3, 0.4) is 0 Å². The molecule has 222 valence electrons. The van der Waals surface area contributed by atoms with Gasteiger partial charge in [0, 0.05) is 24.5 Å². The monoisotopic (exact) mass is 532 g/mol. The molecule has 0 spiro atoms. The van der Waals surface area contributed by atoms with Gasteiger partial charge in [0.25, 0.3) is 0 Å². The molecule has 0 fully saturated rings. The summed E-state index contributed by atoms with van der Waals surface area (Å²) in [6.45, 7) is 5.71. The van der Waals surface area contributed by atoms with Crippen molar-refractivity contribution in [3.8, 4) is 0 Å². The second-order valence-electron chi connectivity index (χ2n) is 11.4. The van der Waals surface area contributed by atoms with Crippen LogP contribution >= 0.6 is 0 Å². The second kappa shape index (κ2) is 31.8. The Bertz CT molecular complexity index is 575. The van der Waals surface area contributed by atoms with E-state index in [2.05, 4.69) is 49.0 Å². The number of unbranched alkanes of at least 4 members (excludes halogenated alkanes) is 23. The van der Waals surface area contributed by atoms with E-state index in [1.807, 2.05) is 0 Å². The molecule has 0 bridgehead atoms. The summed E-state index contributed by atoms with van der Waals surface area (Å²) in [5.41, 5.74) is 0. The van der Waals surface area contributed by atoms with Gasteiger partial charge in [0.1, 0.15) is 6.54 Å². The van der Waals surface area contributed by atoms with Crippen LogP contribution in [0.4, 0.5) is 0 Å². The number of aromatic nitrogens is 1. The average molecular weight is 532 g/mol. The lowest BCUT2D eigenvalue weighted by Crippen LogP contribution is -2.32. The van der Waals surface area contributed by atoms with E-state index in [4.69, 9.17) is 0 Å². The first-order chi connectivity index (χ1) is 18.7. The molecule has 0 unspecified atom stereocenters. The minimum atomic E-state index is -0.907. The van der Waals surface area contributed by atoms with Crippen LogP contribution < -0.4 is 9.67 Å². The SMILES string of the molecule is CCCCCCCCCCCCCC(=O)[O-].CCCCCCCCCCCCCCCC[n+]1ccccc1. The number of pyridine rings is 1. The molecule has 3 nitrogen and oxygen atoms in total. The molecule has 0 aromatic carbocycles. The second-order valence-corrected chi connectivity index (χ2v) is 11.4. The van der Waals surface area contributed by atoms with Crippen LogP contribution in [0.5, 0.6) is 0 Å². The first-order valence-electron chi connectivity index (χ1n) is 16.8. The summed E-state index contributed by atoms with van der Waals surface area (Å²) in [4.78, 5) is 10.1. The fraction of sp³-hybridized carbons (Fsp3) is 0.829. The number of hydrogen-bond acceptors (Lipinski definition) is 2. The normalized spacial score (nSPS) is 10.8. The molecule has 0 aliphatic rings. The molecule has 0 N–H and O–H groups in total. The summed E-state index contributed by atoms with van der Waals surface area (Å²) in [7, 11) is 0. The van der Waals surface area contributed by atoms with Crippen LogP contribution in [0.25, 0.3) is 0 Å². The van der Waals surface area contributed by atoms with E-state index in [1.165, 1.54) is 154 Å². The van der Waals surface area contributed by atoms with Crippen molar-refractivity contribution in [2.45, 2.75) is 187 Å². The van der Waals surface area contributed by atoms with Crippen LogP contribution in [0.1, 0.15) is 181 Å². The number of nitrogens with zero attached hydrogens (tertiary/aromatic N) is 1. The lowest BCUT2D eigenvalue weighted by molar-refractivity contribution is -0.697. The van der Waals surface area contributed by atoms with Gasteiger partial charge in [-0.15, -0.1) is 0 Å². The van der Waals surface area contributed by atoms with Crippen molar-refractivity contribution in [1.29, 1.82) is 0 Å². The zero-order valence-corrected chi connectivity index (χ0v) is 25.7. The van der Waals surface area contributed by atoms with Crippen molar-refractivity contribution in [1.82, 2.24) is 0 Å². The third-order valence-corrected chi connectivity index (χ3v) is 7.53. The molecule has 0 amide bonds. The maximum Gasteiger partial charge on any atom is 0.168 e. The number of aryl methyl sites for hydroxylation is 1. The van der Waals surface area contributed by atoms with Crippen molar-refractivity contribution in [3.05, 3.63) is 30.6 Å². The highest BCUT2D eigenvalue weighted by Crippen LogP contribution is 2.13. The van der Waals surface area contributed by atoms with Gasteiger partial charge in [-0.3, -0.25) is 0 Å². The Labute approximate surface area is 238 Å². The Morgan fingerprint density at radius 1 is 0.474 bits per heavy atom. The van der Waals surface area contributed by atoms with Gasteiger partial charge in [0.05, 0.1) is 0 Å². The van der Waals surface area contributed by atoms with Gasteiger partial charge < -0.3 is 9.90 Å². The van der Waals surface area contributed by atoms with Crippen LogP contribution in [-0.4, -0.2) is 5.97 Å². The molecule has 0 atom stereocenters. The van der Waals surface area contributed by atoms with Gasteiger partial charge >= 0.3 is 0 Å². The number of aliphatic carboxylic acids is 1. The highest BCUT2D eigenvalue weighted by molar-refractivity contribution is 5.64. The average Bonchev–Trinajstić information content (AvgIpc) is 2.93. The van der Waals surface area contributed by atoms with Gasteiger partial charge in [0.15, 0.2) is 12.4 Å². The van der Waals surface area contributed by atoms with Gasteiger partial charge in [0.2, 0.25) is 0 Å². The van der Waals surface area contributed by atoms with E-state index < -0.39 is 5.97 Å². The molecule has 0 saturated carbocycles. The summed E-state index contributed by atoms with van der Waals surface area (Å²) in [5.74, 6) is -0.907. The molecule has 0 radical (unpaired) electrons. The molecule has 38 heavy (non-hydrogen) atoms. The number of carboxylic acids is 1. The topological polar surface area (TPSA) is 44.0 Å². The summed E-state index contributed by atoms with van der Waals surface area (Å²) >= 11 is 0. The van der Waals surface area contributed by atoms with E-state index in [0.717, 1.165) is 12.8 Å². The third-order valence-electron chi connectivity index (χ3n) is 7.53. The minimum absolute atomic E-state index is 0.233. The molecular weight excluding hydrogens is 466 g/mol. The first-order valence-corrected chi connectivity index (χ1v) is 16.8. The Morgan fingerprint density at radius 3 is 1.13 bits per heavy atom. The molecule has 0 aliphatic heterocycles.